The van der Waals surface area contributed by atoms with Crippen molar-refractivity contribution >= 4 is 34.0 Å². The van der Waals surface area contributed by atoms with Crippen LogP contribution in [0.3, 0.4) is 0 Å². The average Bonchev–Trinajstić information content (AvgIpc) is 3.75. The average molecular weight is 687 g/mol. The molecule has 1 aromatic carbocycles. The molecule has 3 aliphatic rings. The van der Waals surface area contributed by atoms with Gasteiger partial charge in [-0.1, -0.05) is 13.3 Å². The van der Waals surface area contributed by atoms with Gasteiger partial charge in [-0.05, 0) is 89.8 Å². The summed E-state index contributed by atoms with van der Waals surface area (Å²) in [4.78, 5) is 28.7. The van der Waals surface area contributed by atoms with Crippen molar-refractivity contribution in [1.29, 1.82) is 0 Å². The number of carbonyl (C=O) groups is 1. The van der Waals surface area contributed by atoms with Gasteiger partial charge < -0.3 is 24.0 Å². The van der Waals surface area contributed by atoms with Crippen molar-refractivity contribution in [2.24, 2.45) is 5.92 Å². The van der Waals surface area contributed by atoms with Gasteiger partial charge in [-0.2, -0.15) is 5.10 Å². The molecule has 2 unspecified atom stereocenters. The second-order valence-corrected chi connectivity index (χ2v) is 16.0. The molecule has 262 valence electrons. The highest BCUT2D eigenvalue weighted by Gasteiger charge is 2.35. The van der Waals surface area contributed by atoms with E-state index in [1.54, 1.807) is 18.4 Å². The lowest BCUT2D eigenvalue weighted by Crippen LogP contribution is -2.53. The molecule has 4 aromatic rings. The van der Waals surface area contributed by atoms with Gasteiger partial charge in [-0.25, -0.2) is 14.5 Å². The lowest BCUT2D eigenvalue weighted by Gasteiger charge is -2.43. The van der Waals surface area contributed by atoms with E-state index in [9.17, 15) is 4.79 Å². The molecule has 0 spiro atoms. The van der Waals surface area contributed by atoms with Crippen molar-refractivity contribution in [3.8, 4) is 16.3 Å². The third-order valence-corrected chi connectivity index (χ3v) is 11.5. The van der Waals surface area contributed by atoms with E-state index in [2.05, 4.69) is 30.0 Å². The Morgan fingerprint density at radius 1 is 1.06 bits per heavy atom. The van der Waals surface area contributed by atoms with Crippen molar-refractivity contribution in [2.75, 3.05) is 38.3 Å². The molecule has 49 heavy (non-hydrogen) atoms. The summed E-state index contributed by atoms with van der Waals surface area (Å²) in [5, 5.41) is 6.72. The van der Waals surface area contributed by atoms with Crippen LogP contribution in [0.25, 0.3) is 21.5 Å². The van der Waals surface area contributed by atoms with Gasteiger partial charge in [0, 0.05) is 65.9 Å². The number of hydrogen-bond donors (Lipinski definition) is 0. The molecule has 1 saturated carbocycles. The number of aromatic nitrogens is 4. The molecule has 3 aromatic heterocycles. The molecular formula is C38H50N6O4S. The molecule has 10 nitrogen and oxygen atoms in total. The fraction of sp³-hybridized carbons (Fsp3) is 0.579. The first-order chi connectivity index (χ1) is 23.7. The standard InChI is InChI=1S/C38H50N6O4S/c1-25(34-22-40-36(49-34)30-18-29(46-5)19-33-31(30)21-41-44(33)35-13-6-7-17-47-35)32-15-14-27(20-39-32)42-16-9-12-28(24-42)43(23-26-10-8-11-26)37(45)48-38(2,3)4/h14-15,18-22,25-26,28,35H,6-13,16-17,23-24H2,1-5H3/t25?,28-,35?/m1/s1. The molecule has 1 aliphatic carbocycles. The zero-order chi connectivity index (χ0) is 34.1. The summed E-state index contributed by atoms with van der Waals surface area (Å²) in [6.07, 6.45) is 14.5. The van der Waals surface area contributed by atoms with Gasteiger partial charge in [0.25, 0.3) is 0 Å². The monoisotopic (exact) mass is 686 g/mol. The Morgan fingerprint density at radius 3 is 2.61 bits per heavy atom. The number of hydrogen-bond acceptors (Lipinski definition) is 9. The Kier molecular flexibility index (Phi) is 9.84. The van der Waals surface area contributed by atoms with Crippen molar-refractivity contribution in [2.45, 2.75) is 103 Å². The van der Waals surface area contributed by atoms with Crippen LogP contribution in [-0.4, -0.2) is 75.7 Å². The molecule has 3 fully saturated rings. The number of piperidine rings is 1. The maximum absolute atomic E-state index is 13.3. The molecule has 3 atom stereocenters. The van der Waals surface area contributed by atoms with Gasteiger partial charge in [0.15, 0.2) is 6.23 Å². The lowest BCUT2D eigenvalue weighted by atomic mass is 9.84. The molecule has 1 amide bonds. The van der Waals surface area contributed by atoms with E-state index < -0.39 is 5.60 Å². The second-order valence-electron chi connectivity index (χ2n) is 14.9. The minimum absolute atomic E-state index is 0.0563. The van der Waals surface area contributed by atoms with Crippen LogP contribution in [0.4, 0.5) is 10.5 Å². The predicted molar refractivity (Wildman–Crippen MR) is 194 cm³/mol. The first kappa shape index (κ1) is 33.8. The van der Waals surface area contributed by atoms with Crippen LogP contribution < -0.4 is 9.64 Å². The first-order valence-electron chi connectivity index (χ1n) is 18.0. The number of carbonyl (C=O) groups excluding carboxylic acids is 1. The molecule has 11 heteroatoms. The minimum Gasteiger partial charge on any atom is -0.497 e. The summed E-state index contributed by atoms with van der Waals surface area (Å²) in [6.45, 7) is 11.3. The van der Waals surface area contributed by atoms with Gasteiger partial charge in [-0.3, -0.25) is 4.98 Å². The van der Waals surface area contributed by atoms with Crippen LogP contribution in [0.5, 0.6) is 5.75 Å². The second kappa shape index (κ2) is 14.3. The van der Waals surface area contributed by atoms with Crippen LogP contribution in [0.1, 0.15) is 102 Å². The number of pyridine rings is 1. The van der Waals surface area contributed by atoms with Crippen molar-refractivity contribution in [3.05, 3.63) is 53.4 Å². The van der Waals surface area contributed by atoms with Gasteiger partial charge >= 0.3 is 6.09 Å². The van der Waals surface area contributed by atoms with Crippen molar-refractivity contribution in [3.63, 3.8) is 0 Å². The fourth-order valence-corrected chi connectivity index (χ4v) is 8.26. The topological polar surface area (TPSA) is 94.8 Å². The number of amides is 1. The summed E-state index contributed by atoms with van der Waals surface area (Å²) >= 11 is 1.69. The Labute approximate surface area is 293 Å². The normalized spacial score (nSPS) is 21.0. The molecule has 2 aliphatic heterocycles. The van der Waals surface area contributed by atoms with E-state index in [0.29, 0.717) is 5.92 Å². The smallest absolute Gasteiger partial charge is 0.410 e. The SMILES string of the molecule is COc1cc(-c2ncc(C(C)c3ccc(N4CCC[C@@H](N(CC5CCC5)C(=O)OC(C)(C)C)C4)cn3)s2)c2cnn(C3CCCCO3)c2c1. The zero-order valence-corrected chi connectivity index (χ0v) is 30.4. The van der Waals surface area contributed by atoms with Gasteiger partial charge in [-0.15, -0.1) is 11.3 Å². The number of ether oxygens (including phenoxy) is 3. The maximum atomic E-state index is 13.3. The third-order valence-electron chi connectivity index (χ3n) is 10.3. The predicted octanol–water partition coefficient (Wildman–Crippen LogP) is 8.42. The molecule has 0 bridgehead atoms. The fourth-order valence-electron chi connectivity index (χ4n) is 7.25. The van der Waals surface area contributed by atoms with Crippen LogP contribution >= 0.6 is 11.3 Å². The summed E-state index contributed by atoms with van der Waals surface area (Å²) < 4.78 is 19.6. The highest BCUT2D eigenvalue weighted by atomic mass is 32.1. The number of anilines is 1. The Morgan fingerprint density at radius 2 is 1.92 bits per heavy atom. The van der Waals surface area contributed by atoms with Crippen LogP contribution in [-0.2, 0) is 9.47 Å². The van der Waals surface area contributed by atoms with E-state index in [1.165, 1.54) is 19.3 Å². The van der Waals surface area contributed by atoms with E-state index in [1.807, 2.05) is 55.0 Å². The lowest BCUT2D eigenvalue weighted by molar-refractivity contribution is -0.0366. The maximum Gasteiger partial charge on any atom is 0.410 e. The number of fused-ring (bicyclic) bond motifs is 1. The molecule has 2 saturated heterocycles. The molecule has 0 radical (unpaired) electrons. The van der Waals surface area contributed by atoms with Crippen LogP contribution in [0.15, 0.2) is 42.9 Å². The Hall–Kier alpha value is -3.70. The van der Waals surface area contributed by atoms with Crippen LogP contribution in [0, 0.1) is 5.92 Å². The summed E-state index contributed by atoms with van der Waals surface area (Å²) in [6, 6.07) is 8.55. The number of nitrogens with zero attached hydrogens (tertiary/aromatic N) is 6. The van der Waals surface area contributed by atoms with Crippen molar-refractivity contribution in [1.82, 2.24) is 24.6 Å². The highest BCUT2D eigenvalue weighted by molar-refractivity contribution is 7.15. The van der Waals surface area contributed by atoms with Crippen LogP contribution in [0.2, 0.25) is 0 Å². The summed E-state index contributed by atoms with van der Waals surface area (Å²) in [5.41, 5.74) is 3.61. The van der Waals surface area contributed by atoms with Gasteiger partial charge in [0.1, 0.15) is 16.4 Å². The number of rotatable bonds is 9. The number of thiazole rings is 1. The zero-order valence-electron chi connectivity index (χ0n) is 29.6. The number of benzene rings is 1. The molecular weight excluding hydrogens is 637 g/mol. The summed E-state index contributed by atoms with van der Waals surface area (Å²) in [5.74, 6) is 1.44. The van der Waals surface area contributed by atoms with Crippen molar-refractivity contribution < 1.29 is 19.0 Å². The van der Waals surface area contributed by atoms with Gasteiger partial charge in [0.05, 0.1) is 36.7 Å². The van der Waals surface area contributed by atoms with E-state index in [-0.39, 0.29) is 24.3 Å². The quantitative estimate of drug-likeness (QED) is 0.173. The summed E-state index contributed by atoms with van der Waals surface area (Å²) in [7, 11) is 1.70. The Balaban J connectivity index is 1.06. The minimum atomic E-state index is -0.508. The molecule has 5 heterocycles. The van der Waals surface area contributed by atoms with E-state index >= 15 is 0 Å². The first-order valence-corrected chi connectivity index (χ1v) is 18.8. The van der Waals surface area contributed by atoms with Gasteiger partial charge in [0.2, 0.25) is 0 Å². The highest BCUT2D eigenvalue weighted by Crippen LogP contribution is 2.39. The molecule has 7 rings (SSSR count). The largest absolute Gasteiger partial charge is 0.497 e. The molecule has 0 N–H and O–H groups in total. The van der Waals surface area contributed by atoms with E-state index in [0.717, 1.165) is 102 Å². The van der Waals surface area contributed by atoms with E-state index in [4.69, 9.17) is 29.3 Å². The Bertz CT molecular complexity index is 1740. The number of methoxy groups -OCH3 is 1. The third kappa shape index (κ3) is 7.43.